The number of hydrogen-bond acceptors (Lipinski definition) is 11. The molecule has 0 bridgehead atoms. The number of esters is 1. The Hall–Kier alpha value is -2.87. The van der Waals surface area contributed by atoms with Crippen LogP contribution in [0, 0.1) is 17.8 Å². The van der Waals surface area contributed by atoms with Crippen LogP contribution in [0.2, 0.25) is 0 Å². The number of benzene rings is 1. The molecule has 0 aromatic heterocycles. The molecule has 1 amide bonds. The van der Waals surface area contributed by atoms with E-state index in [1.54, 1.807) is 34.0 Å². The number of rotatable bonds is 9. The van der Waals surface area contributed by atoms with Gasteiger partial charge in [0.15, 0.2) is 11.9 Å². The van der Waals surface area contributed by atoms with Crippen molar-refractivity contribution < 1.29 is 43.2 Å². The molecule has 0 saturated carbocycles. The summed E-state index contributed by atoms with van der Waals surface area (Å²) in [6.45, 7) is 15.1. The molecular weight excluding hydrogens is 654 g/mol. The first kappa shape index (κ1) is 40.9. The fraction of sp³-hybridized carbons (Fsp3) is 0.718. The van der Waals surface area contributed by atoms with Crippen molar-refractivity contribution in [1.82, 2.24) is 15.3 Å². The van der Waals surface area contributed by atoms with Crippen molar-refractivity contribution in [3.05, 3.63) is 47.5 Å². The number of aliphatic hydroxyl groups is 1. The largest absolute Gasteiger partial charge is 0.455 e. The molecule has 51 heavy (non-hydrogen) atoms. The summed E-state index contributed by atoms with van der Waals surface area (Å²) in [4.78, 5) is 43.9. The summed E-state index contributed by atoms with van der Waals surface area (Å²) in [5.41, 5.74) is 2.27. The minimum atomic E-state index is -1.34. The zero-order valence-corrected chi connectivity index (χ0v) is 32.4. The Bertz CT molecular complexity index is 1390. The van der Waals surface area contributed by atoms with Crippen molar-refractivity contribution in [3.63, 3.8) is 0 Å². The number of nitrogens with zero attached hydrogens (tertiary/aromatic N) is 2. The summed E-state index contributed by atoms with van der Waals surface area (Å²) in [6.07, 6.45) is -0.677. The Balaban J connectivity index is 1.73. The Morgan fingerprint density at radius 1 is 1.08 bits per heavy atom. The number of hydrazine groups is 1. The van der Waals surface area contributed by atoms with Crippen molar-refractivity contribution in [2.75, 3.05) is 27.7 Å². The van der Waals surface area contributed by atoms with E-state index in [9.17, 15) is 19.5 Å². The van der Waals surface area contributed by atoms with Crippen molar-refractivity contribution in [3.8, 4) is 0 Å². The molecule has 12 heteroatoms. The van der Waals surface area contributed by atoms with Gasteiger partial charge in [-0.15, -0.1) is 0 Å². The van der Waals surface area contributed by atoms with Crippen LogP contribution in [0.5, 0.6) is 0 Å². The number of carbonyl (C=O) groups is 3. The number of fused-ring (bicyclic) bond motifs is 1. The summed E-state index contributed by atoms with van der Waals surface area (Å²) in [7, 11) is 5.40. The second-order valence-corrected chi connectivity index (χ2v) is 15.5. The molecule has 1 aromatic rings. The minimum Gasteiger partial charge on any atom is -0.455 e. The minimum absolute atomic E-state index is 0.103. The number of ketones is 1. The molecule has 286 valence electrons. The van der Waals surface area contributed by atoms with Gasteiger partial charge in [0.05, 0.1) is 17.8 Å². The Morgan fingerprint density at radius 3 is 2.35 bits per heavy atom. The van der Waals surface area contributed by atoms with Crippen molar-refractivity contribution >= 4 is 17.8 Å². The fourth-order valence-corrected chi connectivity index (χ4v) is 8.40. The maximum absolute atomic E-state index is 14.5. The number of hydrogen-bond donors (Lipinski definition) is 2. The van der Waals surface area contributed by atoms with Gasteiger partial charge >= 0.3 is 12.1 Å². The van der Waals surface area contributed by atoms with Crippen LogP contribution >= 0.6 is 0 Å². The van der Waals surface area contributed by atoms with Crippen molar-refractivity contribution in [2.24, 2.45) is 17.8 Å². The second-order valence-electron chi connectivity index (χ2n) is 15.5. The maximum atomic E-state index is 14.5. The van der Waals surface area contributed by atoms with Crippen molar-refractivity contribution in [1.29, 1.82) is 0 Å². The number of carbonyl (C=O) groups excluding carboxylic acids is 3. The summed E-state index contributed by atoms with van der Waals surface area (Å²) in [5, 5.41) is 12.8. The molecule has 2 fully saturated rings. The molecule has 12 atom stereocenters. The SMILES string of the molecule is CC[C@H]1OC(=O)/C(C)=C/[C@H](C)[C@@H](O[C@@H]2O[C@H](C)C[C@H](N(C)C)[C@H]2O)[C@](C)(OC)C[C@@H](C)C(=O)[C@H](C)[C@H]2N(NCCc3ccccc3)C(=O)O[C@]12C. The van der Waals surface area contributed by atoms with Crippen LogP contribution in [0.3, 0.4) is 0 Å². The summed E-state index contributed by atoms with van der Waals surface area (Å²) in [6, 6.07) is 8.90. The van der Waals surface area contributed by atoms with E-state index in [-0.39, 0.29) is 24.3 Å². The van der Waals surface area contributed by atoms with Crippen molar-refractivity contribution in [2.45, 2.75) is 135 Å². The number of ether oxygens (including phenoxy) is 5. The summed E-state index contributed by atoms with van der Waals surface area (Å²) in [5.74, 6) is -2.38. The van der Waals surface area contributed by atoms with Crippen LogP contribution < -0.4 is 5.43 Å². The van der Waals surface area contributed by atoms with Gasteiger partial charge in [-0.2, -0.15) is 0 Å². The molecule has 3 aliphatic heterocycles. The molecular formula is C39H61N3O9. The average molecular weight is 716 g/mol. The first-order valence-electron chi connectivity index (χ1n) is 18.4. The summed E-state index contributed by atoms with van der Waals surface area (Å²) < 4.78 is 31.3. The number of methoxy groups -OCH3 is 1. The highest BCUT2D eigenvalue weighted by atomic mass is 16.7. The van der Waals surface area contributed by atoms with E-state index in [1.807, 2.05) is 83.9 Å². The molecule has 0 radical (unpaired) electrons. The number of aliphatic hydroxyl groups excluding tert-OH is 1. The van der Waals surface area contributed by atoms with Gasteiger partial charge in [-0.05, 0) is 73.0 Å². The highest BCUT2D eigenvalue weighted by Crippen LogP contribution is 2.42. The van der Waals surface area contributed by atoms with E-state index >= 15 is 0 Å². The second kappa shape index (κ2) is 16.9. The van der Waals surface area contributed by atoms with E-state index in [1.165, 1.54) is 5.01 Å². The van der Waals surface area contributed by atoms with Gasteiger partial charge < -0.3 is 33.7 Å². The first-order chi connectivity index (χ1) is 24.0. The van der Waals surface area contributed by atoms with Crippen LogP contribution in [0.25, 0.3) is 0 Å². The van der Waals surface area contributed by atoms with Gasteiger partial charge in [0.1, 0.15) is 24.0 Å². The van der Waals surface area contributed by atoms with Crippen LogP contribution in [-0.2, 0) is 39.7 Å². The first-order valence-corrected chi connectivity index (χ1v) is 18.4. The lowest BCUT2D eigenvalue weighted by Gasteiger charge is -2.46. The van der Waals surface area contributed by atoms with Crippen LogP contribution in [0.15, 0.2) is 42.0 Å². The molecule has 0 spiro atoms. The number of Topliss-reactive ketones (excluding diaryl/α,β-unsaturated/α-hetero) is 1. The van der Waals surface area contributed by atoms with E-state index in [4.69, 9.17) is 23.7 Å². The van der Waals surface area contributed by atoms with E-state index < -0.39 is 71.7 Å². The Kier molecular flexibility index (Phi) is 13.5. The number of amides is 1. The molecule has 3 aliphatic rings. The van der Waals surface area contributed by atoms with E-state index in [0.717, 1.165) is 5.56 Å². The molecule has 1 aromatic carbocycles. The van der Waals surface area contributed by atoms with Gasteiger partial charge in [0.2, 0.25) is 0 Å². The number of likely N-dealkylation sites (N-methyl/N-ethyl adjacent to an activating group) is 1. The highest BCUT2D eigenvalue weighted by molar-refractivity contribution is 5.88. The van der Waals surface area contributed by atoms with Crippen LogP contribution in [0.1, 0.15) is 80.2 Å². The monoisotopic (exact) mass is 715 g/mol. The Labute approximate surface area is 304 Å². The van der Waals surface area contributed by atoms with Crippen LogP contribution in [-0.4, -0.2) is 115 Å². The number of cyclic esters (lactones) is 1. The lowest BCUT2D eigenvalue weighted by Crippen LogP contribution is -2.60. The van der Waals surface area contributed by atoms with Gasteiger partial charge in [-0.3, -0.25) is 4.79 Å². The third-order valence-corrected chi connectivity index (χ3v) is 11.2. The number of nitrogens with one attached hydrogen (secondary N) is 1. The standard InChI is InChI=1S/C39H61N3O9/c1-12-30-39(8)33(42(37(46)51-39)40-19-18-28-16-14-13-15-17-28)27(6)31(43)25(4)22-38(7,47-11)34(23(2)20-24(3)35(45)49-30)50-36-32(44)29(41(9)10)21-26(5)48-36/h13-17,20,23,25-27,29-30,32-34,36,40,44H,12,18-19,21-22H2,1-11H3/b24-20+/t23-,25+,26+,27-,29-,30+,32+,33+,34+,36-,38+,39+/m0/s1. The van der Waals surface area contributed by atoms with Gasteiger partial charge in [0.25, 0.3) is 0 Å². The zero-order chi connectivity index (χ0) is 37.8. The lowest BCUT2D eigenvalue weighted by atomic mass is 9.74. The molecule has 12 nitrogen and oxygen atoms in total. The molecule has 4 rings (SSSR count). The average Bonchev–Trinajstić information content (AvgIpc) is 3.35. The molecule has 2 N–H and O–H groups in total. The predicted octanol–water partition coefficient (Wildman–Crippen LogP) is 4.68. The predicted molar refractivity (Wildman–Crippen MR) is 192 cm³/mol. The topological polar surface area (TPSA) is 136 Å². The smallest absolute Gasteiger partial charge is 0.425 e. The van der Waals surface area contributed by atoms with Crippen LogP contribution in [0.4, 0.5) is 4.79 Å². The molecule has 0 unspecified atom stereocenters. The van der Waals surface area contributed by atoms with Gasteiger partial charge in [0, 0.05) is 43.0 Å². The van der Waals surface area contributed by atoms with Gasteiger partial charge in [-0.25, -0.2) is 20.0 Å². The highest BCUT2D eigenvalue weighted by Gasteiger charge is 2.60. The quantitative estimate of drug-likeness (QED) is 0.345. The normalized spacial score (nSPS) is 39.5. The zero-order valence-electron chi connectivity index (χ0n) is 32.4. The fourth-order valence-electron chi connectivity index (χ4n) is 8.40. The summed E-state index contributed by atoms with van der Waals surface area (Å²) >= 11 is 0. The molecule has 0 aliphatic carbocycles. The third-order valence-electron chi connectivity index (χ3n) is 11.2. The lowest BCUT2D eigenvalue weighted by molar-refractivity contribution is -0.294. The molecule has 3 heterocycles. The van der Waals surface area contributed by atoms with E-state index in [2.05, 4.69) is 5.43 Å². The molecule has 2 saturated heterocycles. The van der Waals surface area contributed by atoms with E-state index in [0.29, 0.717) is 31.4 Å². The third kappa shape index (κ3) is 8.85. The van der Waals surface area contributed by atoms with Gasteiger partial charge in [-0.1, -0.05) is 64.1 Å². The maximum Gasteiger partial charge on any atom is 0.425 e. The Morgan fingerprint density at radius 2 is 1.75 bits per heavy atom.